The summed E-state index contributed by atoms with van der Waals surface area (Å²) in [4.78, 5) is 4.72. The highest BCUT2D eigenvalue weighted by Gasteiger charge is 2.00. The number of aromatic nitrogens is 2. The molecule has 94 valence electrons. The lowest BCUT2D eigenvalue weighted by Gasteiger charge is -2.06. The standard InChI is InChI=1S/C17H16N2/c1-2-7-15(8-3-1)13-16-9-6-10-17(18-16)14-19-11-4-5-12-19/h1-12H,13-14H2. The zero-order valence-corrected chi connectivity index (χ0v) is 10.7. The number of benzene rings is 1. The van der Waals surface area contributed by atoms with E-state index in [1.165, 1.54) is 5.56 Å². The van der Waals surface area contributed by atoms with Gasteiger partial charge in [-0.25, -0.2) is 0 Å². The van der Waals surface area contributed by atoms with E-state index in [4.69, 9.17) is 4.98 Å². The summed E-state index contributed by atoms with van der Waals surface area (Å²) in [7, 11) is 0. The Kier molecular flexibility index (Phi) is 3.41. The Morgan fingerprint density at radius 3 is 2.26 bits per heavy atom. The summed E-state index contributed by atoms with van der Waals surface area (Å²) in [5.74, 6) is 0. The first-order valence-electron chi connectivity index (χ1n) is 6.50. The monoisotopic (exact) mass is 248 g/mol. The van der Waals surface area contributed by atoms with E-state index in [2.05, 4.69) is 59.4 Å². The van der Waals surface area contributed by atoms with Gasteiger partial charge < -0.3 is 4.57 Å². The van der Waals surface area contributed by atoms with Gasteiger partial charge in [-0.15, -0.1) is 0 Å². The molecule has 3 aromatic rings. The first-order chi connectivity index (χ1) is 9.40. The van der Waals surface area contributed by atoms with Gasteiger partial charge in [-0.3, -0.25) is 4.98 Å². The second-order valence-electron chi connectivity index (χ2n) is 4.64. The first-order valence-corrected chi connectivity index (χ1v) is 6.50. The Balaban J connectivity index is 1.76. The zero-order chi connectivity index (χ0) is 12.9. The van der Waals surface area contributed by atoms with Gasteiger partial charge in [-0.1, -0.05) is 36.4 Å². The summed E-state index contributed by atoms with van der Waals surface area (Å²) in [5, 5.41) is 0. The van der Waals surface area contributed by atoms with Crippen LogP contribution in [0.2, 0.25) is 0 Å². The van der Waals surface area contributed by atoms with Crippen LogP contribution < -0.4 is 0 Å². The van der Waals surface area contributed by atoms with E-state index in [9.17, 15) is 0 Å². The molecule has 0 aliphatic heterocycles. The fourth-order valence-electron chi connectivity index (χ4n) is 2.18. The van der Waals surface area contributed by atoms with Crippen molar-refractivity contribution in [3.8, 4) is 0 Å². The molecule has 0 aliphatic carbocycles. The van der Waals surface area contributed by atoms with Crippen LogP contribution in [0.1, 0.15) is 17.0 Å². The summed E-state index contributed by atoms with van der Waals surface area (Å²) in [6, 6.07) is 20.8. The lowest BCUT2D eigenvalue weighted by molar-refractivity contribution is 0.773. The predicted molar refractivity (Wildman–Crippen MR) is 77.0 cm³/mol. The minimum absolute atomic E-state index is 0.829. The molecule has 0 radical (unpaired) electrons. The maximum atomic E-state index is 4.72. The minimum atomic E-state index is 0.829. The maximum Gasteiger partial charge on any atom is 0.0642 e. The van der Waals surface area contributed by atoms with E-state index in [1.54, 1.807) is 0 Å². The van der Waals surface area contributed by atoms with Crippen LogP contribution in [-0.4, -0.2) is 9.55 Å². The molecule has 0 fully saturated rings. The quantitative estimate of drug-likeness (QED) is 0.690. The van der Waals surface area contributed by atoms with Crippen LogP contribution in [0.4, 0.5) is 0 Å². The normalized spacial score (nSPS) is 10.5. The van der Waals surface area contributed by atoms with Gasteiger partial charge in [0.2, 0.25) is 0 Å². The molecule has 3 rings (SSSR count). The van der Waals surface area contributed by atoms with Crippen LogP contribution in [0.15, 0.2) is 73.1 Å². The van der Waals surface area contributed by atoms with E-state index in [-0.39, 0.29) is 0 Å². The number of nitrogens with zero attached hydrogens (tertiary/aromatic N) is 2. The lowest BCUT2D eigenvalue weighted by atomic mass is 10.1. The van der Waals surface area contributed by atoms with Crippen molar-refractivity contribution in [2.24, 2.45) is 0 Å². The summed E-state index contributed by atoms with van der Waals surface area (Å²) in [5.41, 5.74) is 3.52. The number of pyridine rings is 1. The molecule has 1 aromatic carbocycles. The largest absolute Gasteiger partial charge is 0.348 e. The van der Waals surface area contributed by atoms with Crippen LogP contribution in [-0.2, 0) is 13.0 Å². The highest BCUT2D eigenvalue weighted by molar-refractivity contribution is 5.22. The molecule has 2 aromatic heterocycles. The van der Waals surface area contributed by atoms with Crippen molar-refractivity contribution in [1.29, 1.82) is 0 Å². The van der Waals surface area contributed by atoms with Crippen molar-refractivity contribution < 1.29 is 0 Å². The second kappa shape index (κ2) is 5.53. The molecule has 0 aliphatic rings. The van der Waals surface area contributed by atoms with Crippen molar-refractivity contribution in [1.82, 2.24) is 9.55 Å². The number of hydrogen-bond acceptors (Lipinski definition) is 1. The predicted octanol–water partition coefficient (Wildman–Crippen LogP) is 3.52. The molecule has 2 nitrogen and oxygen atoms in total. The fraction of sp³-hybridized carbons (Fsp3) is 0.118. The van der Waals surface area contributed by atoms with Crippen molar-refractivity contribution in [2.45, 2.75) is 13.0 Å². The summed E-state index contributed by atoms with van der Waals surface area (Å²) in [6.45, 7) is 0.829. The molecule has 0 atom stereocenters. The Morgan fingerprint density at radius 2 is 1.47 bits per heavy atom. The summed E-state index contributed by atoms with van der Waals surface area (Å²) >= 11 is 0. The Hall–Kier alpha value is -2.35. The van der Waals surface area contributed by atoms with E-state index < -0.39 is 0 Å². The highest BCUT2D eigenvalue weighted by Crippen LogP contribution is 2.09. The molecule has 0 N–H and O–H groups in total. The molecule has 0 bridgehead atoms. The van der Waals surface area contributed by atoms with Crippen LogP contribution in [0.3, 0.4) is 0 Å². The smallest absolute Gasteiger partial charge is 0.0642 e. The Labute approximate surface area is 113 Å². The van der Waals surface area contributed by atoms with Crippen molar-refractivity contribution in [3.05, 3.63) is 90.0 Å². The van der Waals surface area contributed by atoms with Gasteiger partial charge in [0.1, 0.15) is 0 Å². The van der Waals surface area contributed by atoms with Gasteiger partial charge in [-0.05, 0) is 29.8 Å². The maximum absolute atomic E-state index is 4.72. The number of hydrogen-bond donors (Lipinski definition) is 0. The van der Waals surface area contributed by atoms with Crippen LogP contribution in [0, 0.1) is 0 Å². The van der Waals surface area contributed by atoms with Gasteiger partial charge in [0, 0.05) is 24.5 Å². The summed E-state index contributed by atoms with van der Waals surface area (Å²) in [6.07, 6.45) is 5.01. The minimum Gasteiger partial charge on any atom is -0.348 e. The van der Waals surface area contributed by atoms with Crippen LogP contribution >= 0.6 is 0 Å². The van der Waals surface area contributed by atoms with Crippen molar-refractivity contribution in [2.75, 3.05) is 0 Å². The van der Waals surface area contributed by atoms with E-state index in [0.717, 1.165) is 24.4 Å². The van der Waals surface area contributed by atoms with E-state index >= 15 is 0 Å². The first kappa shape index (κ1) is 11.7. The molecular formula is C17H16N2. The van der Waals surface area contributed by atoms with Crippen LogP contribution in [0.25, 0.3) is 0 Å². The molecule has 0 saturated carbocycles. The average Bonchev–Trinajstić information content (AvgIpc) is 2.93. The molecule has 19 heavy (non-hydrogen) atoms. The van der Waals surface area contributed by atoms with Gasteiger partial charge in [0.05, 0.1) is 12.2 Å². The van der Waals surface area contributed by atoms with Gasteiger partial charge in [-0.2, -0.15) is 0 Å². The van der Waals surface area contributed by atoms with E-state index in [1.807, 2.05) is 18.2 Å². The number of rotatable bonds is 4. The van der Waals surface area contributed by atoms with Gasteiger partial charge in [0.25, 0.3) is 0 Å². The fourth-order valence-corrected chi connectivity index (χ4v) is 2.18. The molecule has 0 unspecified atom stereocenters. The average molecular weight is 248 g/mol. The van der Waals surface area contributed by atoms with Gasteiger partial charge >= 0.3 is 0 Å². The Morgan fingerprint density at radius 1 is 0.737 bits per heavy atom. The third kappa shape index (κ3) is 3.10. The third-order valence-electron chi connectivity index (χ3n) is 3.10. The second-order valence-corrected chi connectivity index (χ2v) is 4.64. The molecule has 2 heterocycles. The topological polar surface area (TPSA) is 17.8 Å². The van der Waals surface area contributed by atoms with E-state index in [0.29, 0.717) is 0 Å². The molecule has 0 saturated heterocycles. The van der Waals surface area contributed by atoms with Crippen molar-refractivity contribution >= 4 is 0 Å². The molecular weight excluding hydrogens is 232 g/mol. The SMILES string of the molecule is c1ccc(Cc2cccc(Cn3cccc3)n2)cc1. The van der Waals surface area contributed by atoms with Crippen molar-refractivity contribution in [3.63, 3.8) is 0 Å². The third-order valence-corrected chi connectivity index (χ3v) is 3.10. The summed E-state index contributed by atoms with van der Waals surface area (Å²) < 4.78 is 2.13. The highest BCUT2D eigenvalue weighted by atomic mass is 14.9. The molecule has 2 heteroatoms. The lowest BCUT2D eigenvalue weighted by Crippen LogP contribution is -2.01. The molecule has 0 spiro atoms. The zero-order valence-electron chi connectivity index (χ0n) is 10.7. The van der Waals surface area contributed by atoms with Gasteiger partial charge in [0.15, 0.2) is 0 Å². The molecule has 0 amide bonds. The van der Waals surface area contributed by atoms with Crippen LogP contribution in [0.5, 0.6) is 0 Å². The Bertz CT molecular complexity index is 627.